The van der Waals surface area contributed by atoms with Crippen molar-refractivity contribution in [1.82, 2.24) is 5.32 Å². The van der Waals surface area contributed by atoms with Crippen molar-refractivity contribution in [3.8, 4) is 6.07 Å². The number of rotatable bonds is 3. The Labute approximate surface area is 125 Å². The first-order valence-corrected chi connectivity index (χ1v) is 7.28. The predicted molar refractivity (Wildman–Crippen MR) is 77.7 cm³/mol. The zero-order valence-corrected chi connectivity index (χ0v) is 12.5. The van der Waals surface area contributed by atoms with Gasteiger partial charge in [0.1, 0.15) is 18.4 Å². The fourth-order valence-electron chi connectivity index (χ4n) is 2.46. The summed E-state index contributed by atoms with van der Waals surface area (Å²) in [5.74, 6) is -0.511. The minimum absolute atomic E-state index is 0.00395. The van der Waals surface area contributed by atoms with Gasteiger partial charge in [0.2, 0.25) is 5.91 Å². The van der Waals surface area contributed by atoms with Gasteiger partial charge in [-0.1, -0.05) is 15.9 Å². The Morgan fingerprint density at radius 2 is 2.30 bits per heavy atom. The quantitative estimate of drug-likeness (QED) is 0.861. The minimum atomic E-state index is -0.342. The lowest BCUT2D eigenvalue weighted by Crippen LogP contribution is -2.49. The average molecular weight is 340 g/mol. The summed E-state index contributed by atoms with van der Waals surface area (Å²) in [6.07, 6.45) is 2.64. The third kappa shape index (κ3) is 3.48. The van der Waals surface area contributed by atoms with Crippen LogP contribution in [0.4, 0.5) is 10.1 Å². The molecule has 1 aromatic carbocycles. The molecule has 1 aromatic rings. The van der Waals surface area contributed by atoms with Crippen LogP contribution < -0.4 is 10.2 Å². The van der Waals surface area contributed by atoms with Gasteiger partial charge < -0.3 is 10.2 Å². The molecule has 4 nitrogen and oxygen atoms in total. The van der Waals surface area contributed by atoms with Crippen LogP contribution in [0.15, 0.2) is 22.7 Å². The van der Waals surface area contributed by atoms with E-state index in [-0.39, 0.29) is 24.3 Å². The number of hydrogen-bond acceptors (Lipinski definition) is 3. The van der Waals surface area contributed by atoms with Gasteiger partial charge in [0.15, 0.2) is 0 Å². The molecule has 1 heterocycles. The summed E-state index contributed by atoms with van der Waals surface area (Å²) in [4.78, 5) is 14.0. The molecule has 0 spiro atoms. The first kappa shape index (κ1) is 14.8. The molecular formula is C14H15BrFN3O. The van der Waals surface area contributed by atoms with Crippen LogP contribution >= 0.6 is 15.9 Å². The number of hydrogen-bond donors (Lipinski definition) is 1. The summed E-state index contributed by atoms with van der Waals surface area (Å²) < 4.78 is 14.2. The lowest BCUT2D eigenvalue weighted by Gasteiger charge is -2.36. The number of anilines is 1. The monoisotopic (exact) mass is 339 g/mol. The highest BCUT2D eigenvalue weighted by molar-refractivity contribution is 9.10. The number of nitrogens with zero attached hydrogens (tertiary/aromatic N) is 2. The molecule has 0 aliphatic carbocycles. The van der Waals surface area contributed by atoms with Crippen LogP contribution in [0.1, 0.15) is 19.3 Å². The fourth-order valence-corrected chi connectivity index (χ4v) is 2.92. The van der Waals surface area contributed by atoms with Gasteiger partial charge in [-0.15, -0.1) is 0 Å². The van der Waals surface area contributed by atoms with Crippen LogP contribution in [-0.2, 0) is 4.79 Å². The van der Waals surface area contributed by atoms with Crippen molar-refractivity contribution < 1.29 is 9.18 Å². The Balaban J connectivity index is 2.22. The summed E-state index contributed by atoms with van der Waals surface area (Å²) in [6, 6.07) is 6.17. The molecule has 1 saturated heterocycles. The SMILES string of the molecule is N#CCNC(=O)C1CCCCN1c1cc(F)cc(Br)c1. The van der Waals surface area contributed by atoms with Crippen molar-refractivity contribution in [3.63, 3.8) is 0 Å². The van der Waals surface area contributed by atoms with Gasteiger partial charge in [-0.05, 0) is 37.5 Å². The van der Waals surface area contributed by atoms with Gasteiger partial charge in [-0.25, -0.2) is 4.39 Å². The smallest absolute Gasteiger partial charge is 0.243 e. The number of nitriles is 1. The van der Waals surface area contributed by atoms with Crippen molar-refractivity contribution in [2.45, 2.75) is 25.3 Å². The number of carbonyl (C=O) groups is 1. The molecule has 0 radical (unpaired) electrons. The van der Waals surface area contributed by atoms with Crippen LogP contribution in [-0.4, -0.2) is 25.0 Å². The van der Waals surface area contributed by atoms with E-state index in [9.17, 15) is 9.18 Å². The van der Waals surface area contributed by atoms with Crippen molar-refractivity contribution in [2.75, 3.05) is 18.0 Å². The van der Waals surface area contributed by atoms with E-state index in [1.807, 2.05) is 11.0 Å². The summed E-state index contributed by atoms with van der Waals surface area (Å²) in [7, 11) is 0. The maximum atomic E-state index is 13.5. The second kappa shape index (κ2) is 6.71. The predicted octanol–water partition coefficient (Wildman–Crippen LogP) is 2.59. The van der Waals surface area contributed by atoms with Crippen LogP contribution in [0.2, 0.25) is 0 Å². The van der Waals surface area contributed by atoms with Crippen LogP contribution in [0, 0.1) is 17.1 Å². The van der Waals surface area contributed by atoms with Gasteiger partial charge in [0.25, 0.3) is 0 Å². The third-order valence-electron chi connectivity index (χ3n) is 3.33. The van der Waals surface area contributed by atoms with E-state index in [1.165, 1.54) is 12.1 Å². The van der Waals surface area contributed by atoms with E-state index in [2.05, 4.69) is 21.2 Å². The molecule has 1 fully saturated rings. The maximum absolute atomic E-state index is 13.5. The van der Waals surface area contributed by atoms with Crippen molar-refractivity contribution >= 4 is 27.5 Å². The molecule has 1 N–H and O–H groups in total. The van der Waals surface area contributed by atoms with Gasteiger partial charge in [-0.3, -0.25) is 4.79 Å². The Kier molecular flexibility index (Phi) is 4.96. The third-order valence-corrected chi connectivity index (χ3v) is 3.78. The number of benzene rings is 1. The highest BCUT2D eigenvalue weighted by atomic mass is 79.9. The first-order valence-electron chi connectivity index (χ1n) is 6.49. The number of nitrogens with one attached hydrogen (secondary N) is 1. The molecule has 1 atom stereocenters. The van der Waals surface area contributed by atoms with E-state index in [1.54, 1.807) is 6.07 Å². The van der Waals surface area contributed by atoms with Crippen LogP contribution in [0.5, 0.6) is 0 Å². The Bertz CT molecular complexity index is 523. The molecule has 1 aliphatic heterocycles. The zero-order chi connectivity index (χ0) is 14.5. The molecule has 1 unspecified atom stereocenters. The Hall–Kier alpha value is -1.61. The Morgan fingerprint density at radius 3 is 3.00 bits per heavy atom. The number of piperidine rings is 1. The van der Waals surface area contributed by atoms with Gasteiger partial charge >= 0.3 is 0 Å². The van der Waals surface area contributed by atoms with Crippen molar-refractivity contribution in [1.29, 1.82) is 5.26 Å². The van der Waals surface area contributed by atoms with E-state index in [4.69, 9.17) is 5.26 Å². The van der Waals surface area contributed by atoms with E-state index in [0.29, 0.717) is 23.1 Å². The van der Waals surface area contributed by atoms with E-state index >= 15 is 0 Å². The lowest BCUT2D eigenvalue weighted by atomic mass is 10.0. The number of carbonyl (C=O) groups excluding carboxylic acids is 1. The maximum Gasteiger partial charge on any atom is 0.243 e. The van der Waals surface area contributed by atoms with Gasteiger partial charge in [0.05, 0.1) is 6.07 Å². The highest BCUT2D eigenvalue weighted by Crippen LogP contribution is 2.28. The van der Waals surface area contributed by atoms with E-state index in [0.717, 1.165) is 12.8 Å². The molecule has 0 saturated carbocycles. The van der Waals surface area contributed by atoms with Crippen LogP contribution in [0.25, 0.3) is 0 Å². The fraction of sp³-hybridized carbons (Fsp3) is 0.429. The zero-order valence-electron chi connectivity index (χ0n) is 10.9. The summed E-state index contributed by atoms with van der Waals surface area (Å²) in [5.41, 5.74) is 0.689. The van der Waals surface area contributed by atoms with E-state index < -0.39 is 0 Å². The largest absolute Gasteiger partial charge is 0.359 e. The van der Waals surface area contributed by atoms with Crippen molar-refractivity contribution in [3.05, 3.63) is 28.5 Å². The van der Waals surface area contributed by atoms with Crippen LogP contribution in [0.3, 0.4) is 0 Å². The highest BCUT2D eigenvalue weighted by Gasteiger charge is 2.29. The average Bonchev–Trinajstić information content (AvgIpc) is 2.43. The number of halogens is 2. The molecule has 20 heavy (non-hydrogen) atoms. The molecule has 0 aromatic heterocycles. The first-order chi connectivity index (χ1) is 9.61. The summed E-state index contributed by atoms with van der Waals surface area (Å²) in [5, 5.41) is 11.1. The topological polar surface area (TPSA) is 56.1 Å². The number of amides is 1. The molecule has 0 bridgehead atoms. The second-order valence-electron chi connectivity index (χ2n) is 4.71. The second-order valence-corrected chi connectivity index (χ2v) is 5.62. The molecule has 1 amide bonds. The standard InChI is InChI=1S/C14H15BrFN3O/c15-10-7-11(16)9-12(8-10)19-6-2-1-3-13(19)14(20)18-5-4-17/h7-9,13H,1-3,5-6H2,(H,18,20). The van der Waals surface area contributed by atoms with Gasteiger partial charge in [0, 0.05) is 16.7 Å². The minimum Gasteiger partial charge on any atom is -0.359 e. The molecule has 6 heteroatoms. The summed E-state index contributed by atoms with van der Waals surface area (Å²) >= 11 is 3.27. The lowest BCUT2D eigenvalue weighted by molar-refractivity contribution is -0.122. The van der Waals surface area contributed by atoms with Crippen molar-refractivity contribution in [2.24, 2.45) is 0 Å². The molecule has 2 rings (SSSR count). The molecule has 1 aliphatic rings. The molecular weight excluding hydrogens is 325 g/mol. The Morgan fingerprint density at radius 1 is 1.50 bits per heavy atom. The normalized spacial score (nSPS) is 18.4. The summed E-state index contributed by atoms with van der Waals surface area (Å²) in [6.45, 7) is 0.705. The molecule has 106 valence electrons. The van der Waals surface area contributed by atoms with Gasteiger partial charge in [-0.2, -0.15) is 5.26 Å².